The fraction of sp³-hybridized carbons (Fsp3) is 0.471. The van der Waals surface area contributed by atoms with Gasteiger partial charge < -0.3 is 9.64 Å². The van der Waals surface area contributed by atoms with Crippen molar-refractivity contribution in [3.8, 4) is 0 Å². The van der Waals surface area contributed by atoms with Crippen molar-refractivity contribution in [2.75, 3.05) is 18.9 Å². The normalized spacial score (nSPS) is 17.9. The minimum absolute atomic E-state index is 0.0167. The summed E-state index contributed by atoms with van der Waals surface area (Å²) in [4.78, 5) is 30.9. The third-order valence-electron chi connectivity index (χ3n) is 3.98. The number of hydrogen-bond acceptors (Lipinski definition) is 6. The van der Waals surface area contributed by atoms with Gasteiger partial charge in [-0.2, -0.15) is 0 Å². The highest BCUT2D eigenvalue weighted by Crippen LogP contribution is 2.30. The molecular weight excluding hydrogens is 344 g/mol. The third kappa shape index (κ3) is 3.89. The van der Waals surface area contributed by atoms with E-state index in [4.69, 9.17) is 4.74 Å². The van der Waals surface area contributed by atoms with E-state index in [9.17, 15) is 9.59 Å². The molecule has 1 aliphatic rings. The van der Waals surface area contributed by atoms with E-state index in [1.165, 1.54) is 11.8 Å². The van der Waals surface area contributed by atoms with Crippen LogP contribution in [0.1, 0.15) is 26.2 Å². The number of carbonyl (C=O) groups is 2. The van der Waals surface area contributed by atoms with Crippen molar-refractivity contribution in [3.05, 3.63) is 24.3 Å². The smallest absolute Gasteiger partial charge is 0.328 e. The van der Waals surface area contributed by atoms with Gasteiger partial charge >= 0.3 is 5.97 Å². The molecular formula is C17H20N2O3S2. The zero-order valence-corrected chi connectivity index (χ0v) is 15.2. The van der Waals surface area contributed by atoms with Crippen LogP contribution in [0, 0.1) is 0 Å². The van der Waals surface area contributed by atoms with Gasteiger partial charge in [-0.15, -0.1) is 11.3 Å². The number of para-hydroxylation sites is 1. The van der Waals surface area contributed by atoms with Gasteiger partial charge in [-0.05, 0) is 38.3 Å². The molecule has 1 aromatic heterocycles. The van der Waals surface area contributed by atoms with Gasteiger partial charge in [0.15, 0.2) is 4.34 Å². The second kappa shape index (κ2) is 7.98. The molecule has 1 amide bonds. The zero-order valence-electron chi connectivity index (χ0n) is 13.6. The molecule has 128 valence electrons. The van der Waals surface area contributed by atoms with Crippen LogP contribution in [0.2, 0.25) is 0 Å². The molecule has 1 aromatic carbocycles. The molecule has 1 unspecified atom stereocenters. The lowest BCUT2D eigenvalue weighted by Gasteiger charge is -2.33. The van der Waals surface area contributed by atoms with Gasteiger partial charge in [0.1, 0.15) is 6.04 Å². The summed E-state index contributed by atoms with van der Waals surface area (Å²) in [5.74, 6) is 0.00275. The predicted molar refractivity (Wildman–Crippen MR) is 96.3 cm³/mol. The van der Waals surface area contributed by atoms with Crippen LogP contribution < -0.4 is 0 Å². The number of piperidine rings is 1. The molecule has 3 rings (SSSR count). The molecule has 7 heteroatoms. The molecule has 0 aliphatic carbocycles. The number of ether oxygens (including phenoxy) is 1. The van der Waals surface area contributed by atoms with Crippen LogP contribution in [-0.4, -0.2) is 46.7 Å². The van der Waals surface area contributed by atoms with Crippen molar-refractivity contribution >= 4 is 45.2 Å². The zero-order chi connectivity index (χ0) is 16.9. The molecule has 1 fully saturated rings. The van der Waals surface area contributed by atoms with Gasteiger partial charge in [0.25, 0.3) is 0 Å². The van der Waals surface area contributed by atoms with Crippen molar-refractivity contribution in [1.82, 2.24) is 9.88 Å². The van der Waals surface area contributed by atoms with Crippen LogP contribution in [0.4, 0.5) is 0 Å². The van der Waals surface area contributed by atoms with E-state index in [1.54, 1.807) is 23.2 Å². The maximum Gasteiger partial charge on any atom is 0.328 e. The second-order valence-corrected chi connectivity index (χ2v) is 7.84. The van der Waals surface area contributed by atoms with Gasteiger partial charge in [0.05, 0.1) is 22.6 Å². The number of likely N-dealkylation sites (tertiary alicyclic amines) is 1. The molecule has 5 nitrogen and oxygen atoms in total. The van der Waals surface area contributed by atoms with E-state index < -0.39 is 6.04 Å². The molecule has 0 spiro atoms. The van der Waals surface area contributed by atoms with Crippen molar-refractivity contribution in [2.24, 2.45) is 0 Å². The summed E-state index contributed by atoms with van der Waals surface area (Å²) in [6.07, 6.45) is 2.59. The number of benzene rings is 1. The average molecular weight is 364 g/mol. The quantitative estimate of drug-likeness (QED) is 0.602. The first kappa shape index (κ1) is 17.2. The number of aromatic nitrogens is 1. The number of esters is 1. The lowest BCUT2D eigenvalue weighted by molar-refractivity contribution is -0.155. The molecule has 0 radical (unpaired) electrons. The lowest BCUT2D eigenvalue weighted by atomic mass is 10.0. The average Bonchev–Trinajstić information content (AvgIpc) is 3.03. The summed E-state index contributed by atoms with van der Waals surface area (Å²) in [6.45, 7) is 2.76. The van der Waals surface area contributed by atoms with Gasteiger partial charge in [0, 0.05) is 6.54 Å². The Bertz CT molecular complexity index is 698. The van der Waals surface area contributed by atoms with E-state index in [0.717, 1.165) is 27.4 Å². The first-order valence-corrected chi connectivity index (χ1v) is 9.93. The van der Waals surface area contributed by atoms with Gasteiger partial charge in [-0.1, -0.05) is 23.9 Å². The highest BCUT2D eigenvalue weighted by molar-refractivity contribution is 8.01. The van der Waals surface area contributed by atoms with E-state index >= 15 is 0 Å². The molecule has 1 aliphatic heterocycles. The number of rotatable bonds is 5. The van der Waals surface area contributed by atoms with Crippen LogP contribution in [0.15, 0.2) is 28.6 Å². The fourth-order valence-electron chi connectivity index (χ4n) is 2.83. The summed E-state index contributed by atoms with van der Waals surface area (Å²) >= 11 is 3.03. The van der Waals surface area contributed by atoms with Crippen LogP contribution in [-0.2, 0) is 14.3 Å². The Morgan fingerprint density at radius 2 is 2.21 bits per heavy atom. The Balaban J connectivity index is 1.63. The summed E-state index contributed by atoms with van der Waals surface area (Å²) in [7, 11) is 0. The first-order chi connectivity index (χ1) is 11.7. The minimum atomic E-state index is -0.429. The Labute approximate surface area is 149 Å². The molecule has 1 saturated heterocycles. The second-order valence-electron chi connectivity index (χ2n) is 5.59. The van der Waals surface area contributed by atoms with E-state index in [0.29, 0.717) is 25.3 Å². The maximum atomic E-state index is 12.6. The number of nitrogens with zero attached hydrogens (tertiary/aromatic N) is 2. The lowest BCUT2D eigenvalue weighted by Crippen LogP contribution is -2.49. The molecule has 0 bridgehead atoms. The maximum absolute atomic E-state index is 12.6. The summed E-state index contributed by atoms with van der Waals surface area (Å²) < 4.78 is 7.12. The predicted octanol–water partition coefficient (Wildman–Crippen LogP) is 3.33. The van der Waals surface area contributed by atoms with Crippen molar-refractivity contribution in [3.63, 3.8) is 0 Å². The Hall–Kier alpha value is -1.60. The SMILES string of the molecule is CCOC(=O)C1CCCCN1C(=O)CSc1nc2ccccc2s1. The van der Waals surface area contributed by atoms with E-state index in [-0.39, 0.29) is 11.9 Å². The third-order valence-corrected chi connectivity index (χ3v) is 6.14. The van der Waals surface area contributed by atoms with Crippen molar-refractivity contribution in [1.29, 1.82) is 0 Å². The largest absolute Gasteiger partial charge is 0.464 e. The van der Waals surface area contributed by atoms with Gasteiger partial charge in [-0.3, -0.25) is 4.79 Å². The Morgan fingerprint density at radius 3 is 3.00 bits per heavy atom. The highest BCUT2D eigenvalue weighted by Gasteiger charge is 2.33. The highest BCUT2D eigenvalue weighted by atomic mass is 32.2. The molecule has 2 aromatic rings. The number of amides is 1. The fourth-order valence-corrected chi connectivity index (χ4v) is 4.79. The monoisotopic (exact) mass is 364 g/mol. The van der Waals surface area contributed by atoms with E-state index in [1.807, 2.05) is 24.3 Å². The molecule has 2 heterocycles. The number of carbonyl (C=O) groups excluding carboxylic acids is 2. The van der Waals surface area contributed by atoms with Gasteiger partial charge in [-0.25, -0.2) is 9.78 Å². The van der Waals surface area contributed by atoms with Crippen LogP contribution >= 0.6 is 23.1 Å². The number of thioether (sulfide) groups is 1. The van der Waals surface area contributed by atoms with E-state index in [2.05, 4.69) is 4.98 Å². The summed E-state index contributed by atoms with van der Waals surface area (Å²) in [5, 5.41) is 0. The van der Waals surface area contributed by atoms with Crippen LogP contribution in [0.5, 0.6) is 0 Å². The number of fused-ring (bicyclic) bond motifs is 1. The summed E-state index contributed by atoms with van der Waals surface area (Å²) in [6, 6.07) is 7.51. The molecule has 1 atom stereocenters. The Morgan fingerprint density at radius 1 is 1.38 bits per heavy atom. The molecule has 0 saturated carbocycles. The minimum Gasteiger partial charge on any atom is -0.464 e. The van der Waals surface area contributed by atoms with Crippen LogP contribution in [0.3, 0.4) is 0 Å². The molecule has 24 heavy (non-hydrogen) atoms. The summed E-state index contributed by atoms with van der Waals surface area (Å²) in [5.41, 5.74) is 0.958. The number of thiazole rings is 1. The van der Waals surface area contributed by atoms with Crippen molar-refractivity contribution in [2.45, 2.75) is 36.6 Å². The Kier molecular flexibility index (Phi) is 5.73. The van der Waals surface area contributed by atoms with Crippen molar-refractivity contribution < 1.29 is 14.3 Å². The topological polar surface area (TPSA) is 59.5 Å². The first-order valence-electron chi connectivity index (χ1n) is 8.13. The number of hydrogen-bond donors (Lipinski definition) is 0. The van der Waals surface area contributed by atoms with Crippen LogP contribution in [0.25, 0.3) is 10.2 Å². The standard InChI is InChI=1S/C17H20N2O3S2/c1-2-22-16(21)13-8-5-6-10-19(13)15(20)11-23-17-18-12-7-3-4-9-14(12)24-17/h3-4,7,9,13H,2,5-6,8,10-11H2,1H3. The molecule has 0 N–H and O–H groups in total. The van der Waals surface area contributed by atoms with Gasteiger partial charge in [0.2, 0.25) is 5.91 Å².